The molecule has 300 valence electrons. The normalized spacial score (nSPS) is 23.7. The minimum atomic E-state index is -1.40. The van der Waals surface area contributed by atoms with Gasteiger partial charge in [0.1, 0.15) is 31.0 Å². The molecule has 0 bridgehead atoms. The number of nitrogens with zero attached hydrogens (tertiary/aromatic N) is 2. The van der Waals surface area contributed by atoms with E-state index in [0.717, 1.165) is 0 Å². The van der Waals surface area contributed by atoms with Crippen molar-refractivity contribution in [1.29, 1.82) is 0 Å². The van der Waals surface area contributed by atoms with Gasteiger partial charge in [-0.1, -0.05) is 6.58 Å². The van der Waals surface area contributed by atoms with Gasteiger partial charge >= 0.3 is 48.3 Å². The van der Waals surface area contributed by atoms with Crippen LogP contribution in [0, 0.1) is 0 Å². The number of aromatic carboxylic acids is 2. The number of pyridine rings is 2. The van der Waals surface area contributed by atoms with Gasteiger partial charge < -0.3 is 65.3 Å². The fourth-order valence-electron chi connectivity index (χ4n) is 5.46. The molecule has 2 aromatic heterocycles. The number of hydrogen-bond acceptors (Lipinski definition) is 16. The van der Waals surface area contributed by atoms with Crippen LogP contribution in [0.25, 0.3) is 0 Å². The lowest BCUT2D eigenvalue weighted by Gasteiger charge is -2.22. The molecule has 2 aliphatic rings. The van der Waals surface area contributed by atoms with Crippen LogP contribution in [0.2, 0.25) is 0 Å². The maximum absolute atomic E-state index is 11.6. The first kappa shape index (κ1) is 45.5. The predicted molar refractivity (Wildman–Crippen MR) is 172 cm³/mol. The van der Waals surface area contributed by atoms with Crippen molar-refractivity contribution >= 4 is 41.8 Å². The van der Waals surface area contributed by atoms with Gasteiger partial charge in [0.15, 0.2) is 37.0 Å². The van der Waals surface area contributed by atoms with Crippen LogP contribution < -0.4 is 26.6 Å². The molecule has 2 aromatic rings. The van der Waals surface area contributed by atoms with E-state index in [0.29, 0.717) is 5.76 Å². The SMILES string of the molecule is C=C(C)O[C@@H]1[C@H](OC(C)=O)[C@@H](COC(C)=O)O[C@H]1[n+]1cccc(C(=O)O)c1.CC(=O)OC[C@H]1O[C@@H]([n+]2cccc(C(=O)[O-])c2)[C@H](OC(C)=O)[C@@H]1OC(C)=O.[Cl-]. The minimum Gasteiger partial charge on any atom is -1.00 e. The largest absolute Gasteiger partial charge is 1.00 e. The fraction of sp³-hybridized carbons (Fsp3) is 0.457. The second-order valence-electron chi connectivity index (χ2n) is 11.9. The molecule has 2 saturated heterocycles. The van der Waals surface area contributed by atoms with Crippen molar-refractivity contribution in [1.82, 2.24) is 0 Å². The van der Waals surface area contributed by atoms with Crippen molar-refractivity contribution in [2.45, 2.75) is 90.6 Å². The Morgan fingerprint density at radius 1 is 0.655 bits per heavy atom. The zero-order valence-electron chi connectivity index (χ0n) is 30.6. The van der Waals surface area contributed by atoms with Crippen LogP contribution in [-0.4, -0.2) is 96.7 Å². The standard InChI is InChI=1S/C18H21NO8.C17H19NO9.ClH/c1-10(2)25-16-15(26-12(4)21)14(9-24-11(3)20)27-17(16)19-7-5-6-13(8-19)18(22)23;1-9(19)24-8-13-14(25-10(2)20)15(26-11(3)21)16(27-13)18-6-4-5-12(7-18)17(22)23;/h5-8,14-17H,1,9H2,2-4H3;4-7,13-16H,8H2,1-3H3;1H/t14-,15-,16-,17-;13-,14-,15-,16-;/m11./s1. The molecule has 0 aliphatic carbocycles. The Balaban J connectivity index is 0.000000373. The van der Waals surface area contributed by atoms with Gasteiger partial charge in [0.25, 0.3) is 0 Å². The van der Waals surface area contributed by atoms with E-state index in [2.05, 4.69) is 6.58 Å². The molecule has 0 spiro atoms. The average Bonchev–Trinajstić information content (AvgIpc) is 3.58. The molecule has 20 heteroatoms. The molecular formula is C35H41ClN2O17. The number of allylic oxidation sites excluding steroid dienone is 1. The highest BCUT2D eigenvalue weighted by atomic mass is 35.5. The van der Waals surface area contributed by atoms with Gasteiger partial charge in [-0.05, 0) is 19.1 Å². The third-order valence-electron chi connectivity index (χ3n) is 7.43. The summed E-state index contributed by atoms with van der Waals surface area (Å²) < 4.78 is 46.0. The molecule has 0 unspecified atom stereocenters. The summed E-state index contributed by atoms with van der Waals surface area (Å²) in [6.07, 6.45) is -1.72. The van der Waals surface area contributed by atoms with Crippen molar-refractivity contribution < 1.29 is 103 Å². The molecule has 55 heavy (non-hydrogen) atoms. The zero-order valence-corrected chi connectivity index (χ0v) is 31.4. The predicted octanol–water partition coefficient (Wildman–Crippen LogP) is -3.35. The highest BCUT2D eigenvalue weighted by Gasteiger charge is 2.55. The lowest BCUT2D eigenvalue weighted by Crippen LogP contribution is -3.00. The lowest BCUT2D eigenvalue weighted by atomic mass is 10.1. The van der Waals surface area contributed by atoms with Crippen molar-refractivity contribution in [3.8, 4) is 0 Å². The number of hydrogen-bond donors (Lipinski definition) is 1. The van der Waals surface area contributed by atoms with Gasteiger partial charge in [0.05, 0.1) is 17.3 Å². The molecular weight excluding hydrogens is 756 g/mol. The van der Waals surface area contributed by atoms with E-state index in [1.807, 2.05) is 0 Å². The van der Waals surface area contributed by atoms with Crippen LogP contribution in [0.15, 0.2) is 61.4 Å². The summed E-state index contributed by atoms with van der Waals surface area (Å²) in [5, 5.41) is 20.3. The average molecular weight is 797 g/mol. The summed E-state index contributed by atoms with van der Waals surface area (Å²) in [5.74, 6) is -5.10. The van der Waals surface area contributed by atoms with Crippen LogP contribution in [0.1, 0.15) is 74.7 Å². The van der Waals surface area contributed by atoms with Crippen molar-refractivity contribution in [3.05, 3.63) is 72.5 Å². The molecule has 2 aliphatic heterocycles. The molecule has 19 nitrogen and oxygen atoms in total. The molecule has 8 atom stereocenters. The first-order valence-electron chi connectivity index (χ1n) is 16.3. The number of halogens is 1. The third kappa shape index (κ3) is 13.3. The van der Waals surface area contributed by atoms with Gasteiger partial charge in [-0.2, -0.15) is 9.13 Å². The summed E-state index contributed by atoms with van der Waals surface area (Å²) in [5.41, 5.74) is -0.0854. The Bertz CT molecular complexity index is 1630. The summed E-state index contributed by atoms with van der Waals surface area (Å²) in [4.78, 5) is 79.2. The Kier molecular flexibility index (Phi) is 17.1. The number of carbonyl (C=O) groups excluding carboxylic acids is 6. The van der Waals surface area contributed by atoms with Crippen LogP contribution in [0.4, 0.5) is 0 Å². The summed E-state index contributed by atoms with van der Waals surface area (Å²) >= 11 is 0. The topological polar surface area (TPSA) is 244 Å². The Morgan fingerprint density at radius 2 is 1.04 bits per heavy atom. The van der Waals surface area contributed by atoms with Gasteiger partial charge in [0, 0.05) is 46.8 Å². The maximum atomic E-state index is 11.6. The van der Waals surface area contributed by atoms with Crippen molar-refractivity contribution in [2.75, 3.05) is 13.2 Å². The fourth-order valence-corrected chi connectivity index (χ4v) is 5.46. The molecule has 4 rings (SSSR count). The van der Waals surface area contributed by atoms with Gasteiger partial charge in [-0.15, -0.1) is 0 Å². The minimum absolute atomic E-state index is 0. The monoisotopic (exact) mass is 796 g/mol. The Hall–Kier alpha value is -5.66. The zero-order chi connectivity index (χ0) is 40.3. The third-order valence-corrected chi connectivity index (χ3v) is 7.43. The molecule has 1 N–H and O–H groups in total. The molecule has 0 amide bonds. The molecule has 0 radical (unpaired) electrons. The van der Waals surface area contributed by atoms with Gasteiger partial charge in [-0.3, -0.25) is 24.0 Å². The number of carboxylic acids is 2. The Morgan fingerprint density at radius 3 is 1.40 bits per heavy atom. The highest BCUT2D eigenvalue weighted by Crippen LogP contribution is 2.33. The van der Waals surface area contributed by atoms with E-state index < -0.39 is 90.9 Å². The molecule has 0 aromatic carbocycles. The van der Waals surface area contributed by atoms with Crippen molar-refractivity contribution in [3.63, 3.8) is 0 Å². The highest BCUT2D eigenvalue weighted by molar-refractivity contribution is 5.86. The van der Waals surface area contributed by atoms with E-state index in [1.165, 1.54) is 80.5 Å². The number of esters is 5. The van der Waals surface area contributed by atoms with E-state index >= 15 is 0 Å². The van der Waals surface area contributed by atoms with Crippen LogP contribution in [-0.2, 0) is 61.9 Å². The molecule has 2 fully saturated rings. The lowest BCUT2D eigenvalue weighted by molar-refractivity contribution is -0.765. The Labute approximate surface area is 321 Å². The molecule has 0 saturated carbocycles. The first-order chi connectivity index (χ1) is 25.4. The second-order valence-corrected chi connectivity index (χ2v) is 11.9. The number of carbonyl (C=O) groups is 7. The quantitative estimate of drug-likeness (QED) is 0.0901. The van der Waals surface area contributed by atoms with Crippen LogP contribution in [0.5, 0.6) is 0 Å². The number of carboxylic acid groups (broad SMARTS) is 2. The van der Waals surface area contributed by atoms with Crippen molar-refractivity contribution in [2.24, 2.45) is 0 Å². The van der Waals surface area contributed by atoms with Crippen LogP contribution in [0.3, 0.4) is 0 Å². The first-order valence-corrected chi connectivity index (χ1v) is 16.3. The van der Waals surface area contributed by atoms with E-state index in [4.69, 9.17) is 37.9 Å². The van der Waals surface area contributed by atoms with E-state index in [9.17, 15) is 43.8 Å². The number of rotatable bonds is 13. The van der Waals surface area contributed by atoms with E-state index in [1.54, 1.807) is 19.2 Å². The van der Waals surface area contributed by atoms with Gasteiger partial charge in [0.2, 0.25) is 12.2 Å². The number of aromatic nitrogens is 2. The van der Waals surface area contributed by atoms with Gasteiger partial charge in [-0.25, -0.2) is 4.79 Å². The summed E-state index contributed by atoms with van der Waals surface area (Å²) in [6, 6.07) is 5.74. The summed E-state index contributed by atoms with van der Waals surface area (Å²) in [6.45, 7) is 11.0. The van der Waals surface area contributed by atoms with Crippen LogP contribution >= 0.6 is 0 Å². The smallest absolute Gasteiger partial charge is 0.341 e. The molecule has 4 heterocycles. The van der Waals surface area contributed by atoms with E-state index in [-0.39, 0.29) is 36.7 Å². The maximum Gasteiger partial charge on any atom is 0.341 e. The second kappa shape index (κ2) is 20.7. The number of ether oxygens (including phenoxy) is 8. The summed E-state index contributed by atoms with van der Waals surface area (Å²) in [7, 11) is 0.